The lowest BCUT2D eigenvalue weighted by Crippen LogP contribution is -2.07. The zero-order valence-electron chi connectivity index (χ0n) is 13.7. The van der Waals surface area contributed by atoms with E-state index in [1.165, 1.54) is 16.9 Å². The zero-order valence-corrected chi connectivity index (χ0v) is 13.7. The minimum Gasteiger partial charge on any atom is -0.378 e. The van der Waals surface area contributed by atoms with E-state index in [9.17, 15) is 0 Å². The second-order valence-electron chi connectivity index (χ2n) is 5.53. The SMILES string of the molecule is CN(C)c1ccc(/C=C/C=Nc2ccc(N(C)C)cc2)cc1. The molecule has 2 rings (SSSR count). The van der Waals surface area contributed by atoms with Crippen molar-refractivity contribution in [2.24, 2.45) is 4.99 Å². The molecule has 0 radical (unpaired) electrons. The van der Waals surface area contributed by atoms with Gasteiger partial charge in [0.2, 0.25) is 0 Å². The van der Waals surface area contributed by atoms with Crippen molar-refractivity contribution in [3.8, 4) is 0 Å². The molecule has 0 aromatic heterocycles. The van der Waals surface area contributed by atoms with Crippen LogP contribution in [0.4, 0.5) is 17.1 Å². The lowest BCUT2D eigenvalue weighted by molar-refractivity contribution is 1.13. The van der Waals surface area contributed by atoms with Gasteiger partial charge in [0, 0.05) is 45.8 Å². The van der Waals surface area contributed by atoms with Gasteiger partial charge in [-0.05, 0) is 48.0 Å². The maximum atomic E-state index is 4.43. The second-order valence-corrected chi connectivity index (χ2v) is 5.53. The Morgan fingerprint density at radius 1 is 0.727 bits per heavy atom. The van der Waals surface area contributed by atoms with E-state index < -0.39 is 0 Å². The number of nitrogens with zero attached hydrogens (tertiary/aromatic N) is 3. The topological polar surface area (TPSA) is 18.8 Å². The number of anilines is 2. The van der Waals surface area contributed by atoms with Gasteiger partial charge in [-0.15, -0.1) is 0 Å². The van der Waals surface area contributed by atoms with Crippen molar-refractivity contribution >= 4 is 29.4 Å². The Balaban J connectivity index is 1.96. The molecule has 0 heterocycles. The third kappa shape index (κ3) is 4.48. The van der Waals surface area contributed by atoms with Gasteiger partial charge in [-0.3, -0.25) is 4.99 Å². The summed E-state index contributed by atoms with van der Waals surface area (Å²) in [5, 5.41) is 0. The van der Waals surface area contributed by atoms with Crippen LogP contribution < -0.4 is 9.80 Å². The third-order valence-corrected chi connectivity index (χ3v) is 3.37. The number of rotatable bonds is 5. The highest BCUT2D eigenvalue weighted by Gasteiger charge is 1.94. The number of benzene rings is 2. The molecular weight excluding hydrogens is 270 g/mol. The standard InChI is InChI=1S/C19H23N3/c1-21(2)18-11-7-16(8-12-18)6-5-15-20-17-9-13-19(14-10-17)22(3)4/h5-15H,1-4H3/b6-5+,20-15?. The maximum Gasteiger partial charge on any atom is 0.0631 e. The molecule has 0 aliphatic heterocycles. The van der Waals surface area contributed by atoms with Crippen molar-refractivity contribution in [2.75, 3.05) is 38.0 Å². The first-order valence-electron chi connectivity index (χ1n) is 7.32. The average molecular weight is 293 g/mol. The number of hydrogen-bond donors (Lipinski definition) is 0. The Morgan fingerprint density at radius 3 is 1.73 bits per heavy atom. The summed E-state index contributed by atoms with van der Waals surface area (Å²) in [5.41, 5.74) is 4.50. The van der Waals surface area contributed by atoms with Crippen LogP contribution in [0.3, 0.4) is 0 Å². The average Bonchev–Trinajstić information content (AvgIpc) is 2.52. The molecule has 0 atom stereocenters. The van der Waals surface area contributed by atoms with Gasteiger partial charge >= 0.3 is 0 Å². The molecule has 0 N–H and O–H groups in total. The van der Waals surface area contributed by atoms with Crippen LogP contribution in [0.15, 0.2) is 59.6 Å². The Hall–Kier alpha value is -2.55. The summed E-state index contributed by atoms with van der Waals surface area (Å²) in [4.78, 5) is 8.59. The molecule has 0 aliphatic carbocycles. The number of hydrogen-bond acceptors (Lipinski definition) is 3. The van der Waals surface area contributed by atoms with Gasteiger partial charge in [0.15, 0.2) is 0 Å². The van der Waals surface area contributed by atoms with E-state index in [1.54, 1.807) is 0 Å². The van der Waals surface area contributed by atoms with Crippen LogP contribution in [0.5, 0.6) is 0 Å². The summed E-state index contributed by atoms with van der Waals surface area (Å²) >= 11 is 0. The molecule has 0 saturated carbocycles. The van der Waals surface area contributed by atoms with E-state index in [2.05, 4.69) is 57.3 Å². The highest BCUT2D eigenvalue weighted by Crippen LogP contribution is 2.17. The van der Waals surface area contributed by atoms with E-state index in [1.807, 2.05) is 52.6 Å². The fourth-order valence-corrected chi connectivity index (χ4v) is 2.00. The van der Waals surface area contributed by atoms with Crippen molar-refractivity contribution in [1.29, 1.82) is 0 Å². The second kappa shape index (κ2) is 7.46. The normalized spacial score (nSPS) is 11.3. The van der Waals surface area contributed by atoms with Gasteiger partial charge in [-0.1, -0.05) is 18.2 Å². The van der Waals surface area contributed by atoms with Gasteiger partial charge in [-0.2, -0.15) is 0 Å². The molecule has 0 amide bonds. The van der Waals surface area contributed by atoms with Crippen LogP contribution in [0, 0.1) is 0 Å². The zero-order chi connectivity index (χ0) is 15.9. The van der Waals surface area contributed by atoms with Crippen LogP contribution in [0.1, 0.15) is 5.56 Å². The van der Waals surface area contributed by atoms with Crippen LogP contribution >= 0.6 is 0 Å². The minimum absolute atomic E-state index is 0.957. The van der Waals surface area contributed by atoms with E-state index in [-0.39, 0.29) is 0 Å². The quantitative estimate of drug-likeness (QED) is 0.768. The first-order valence-corrected chi connectivity index (χ1v) is 7.32. The Kier molecular flexibility index (Phi) is 5.37. The fourth-order valence-electron chi connectivity index (χ4n) is 2.00. The molecule has 22 heavy (non-hydrogen) atoms. The molecule has 114 valence electrons. The third-order valence-electron chi connectivity index (χ3n) is 3.37. The lowest BCUT2D eigenvalue weighted by atomic mass is 10.2. The predicted molar refractivity (Wildman–Crippen MR) is 98.7 cm³/mol. The molecule has 2 aromatic rings. The van der Waals surface area contributed by atoms with Crippen molar-refractivity contribution in [3.63, 3.8) is 0 Å². The Morgan fingerprint density at radius 2 is 1.23 bits per heavy atom. The molecule has 0 bridgehead atoms. The highest BCUT2D eigenvalue weighted by molar-refractivity contribution is 5.80. The summed E-state index contributed by atoms with van der Waals surface area (Å²) in [5.74, 6) is 0. The van der Waals surface area contributed by atoms with Crippen LogP contribution in [-0.2, 0) is 0 Å². The van der Waals surface area contributed by atoms with Gasteiger partial charge in [-0.25, -0.2) is 0 Å². The maximum absolute atomic E-state index is 4.43. The van der Waals surface area contributed by atoms with Gasteiger partial charge < -0.3 is 9.80 Å². The number of aliphatic imine (C=N–C) groups is 1. The van der Waals surface area contributed by atoms with Crippen molar-refractivity contribution in [1.82, 2.24) is 0 Å². The number of allylic oxidation sites excluding steroid dienone is 1. The van der Waals surface area contributed by atoms with Gasteiger partial charge in [0.25, 0.3) is 0 Å². The summed E-state index contributed by atoms with van der Waals surface area (Å²) < 4.78 is 0. The summed E-state index contributed by atoms with van der Waals surface area (Å²) in [6, 6.07) is 16.6. The molecule has 0 aliphatic rings. The summed E-state index contributed by atoms with van der Waals surface area (Å²) in [7, 11) is 8.14. The molecule has 0 spiro atoms. The van der Waals surface area contributed by atoms with Crippen molar-refractivity contribution in [3.05, 3.63) is 60.2 Å². The predicted octanol–water partition coefficient (Wildman–Crippen LogP) is 4.23. The first-order chi connectivity index (χ1) is 10.6. The van der Waals surface area contributed by atoms with Crippen LogP contribution in [-0.4, -0.2) is 34.4 Å². The molecule has 0 unspecified atom stereocenters. The monoisotopic (exact) mass is 293 g/mol. The van der Waals surface area contributed by atoms with Crippen molar-refractivity contribution < 1.29 is 0 Å². The Bertz CT molecular complexity index is 576. The van der Waals surface area contributed by atoms with E-state index >= 15 is 0 Å². The van der Waals surface area contributed by atoms with Crippen LogP contribution in [0.2, 0.25) is 0 Å². The minimum atomic E-state index is 0.957. The Labute approximate surface area is 133 Å². The van der Waals surface area contributed by atoms with Crippen molar-refractivity contribution in [2.45, 2.75) is 0 Å². The lowest BCUT2D eigenvalue weighted by Gasteiger charge is -2.11. The van der Waals surface area contributed by atoms with E-state index in [0.29, 0.717) is 0 Å². The smallest absolute Gasteiger partial charge is 0.0631 e. The molecular formula is C19H23N3. The molecule has 0 saturated heterocycles. The molecule has 3 nitrogen and oxygen atoms in total. The molecule has 2 aromatic carbocycles. The first kappa shape index (κ1) is 15.8. The molecule has 0 fully saturated rings. The van der Waals surface area contributed by atoms with Gasteiger partial charge in [0.05, 0.1) is 5.69 Å². The van der Waals surface area contributed by atoms with E-state index in [0.717, 1.165) is 5.69 Å². The van der Waals surface area contributed by atoms with Crippen LogP contribution in [0.25, 0.3) is 6.08 Å². The summed E-state index contributed by atoms with van der Waals surface area (Å²) in [6.45, 7) is 0. The fraction of sp³-hybridized carbons (Fsp3) is 0.211. The van der Waals surface area contributed by atoms with Gasteiger partial charge in [0.1, 0.15) is 0 Å². The van der Waals surface area contributed by atoms with E-state index in [4.69, 9.17) is 0 Å². The highest BCUT2D eigenvalue weighted by atomic mass is 15.1. The summed E-state index contributed by atoms with van der Waals surface area (Å²) in [6.07, 6.45) is 5.84. The molecule has 3 heteroatoms. The largest absolute Gasteiger partial charge is 0.378 e.